The number of anilines is 1. The average molecular weight is 259 g/mol. The predicted molar refractivity (Wildman–Crippen MR) is 77.5 cm³/mol. The van der Waals surface area contributed by atoms with Crippen LogP contribution in [0.25, 0.3) is 11.0 Å². The highest BCUT2D eigenvalue weighted by Gasteiger charge is 2.24. The smallest absolute Gasteiger partial charge is 0.139 e. The lowest BCUT2D eigenvalue weighted by Crippen LogP contribution is -2.41. The van der Waals surface area contributed by atoms with E-state index in [-0.39, 0.29) is 0 Å². The Morgan fingerprint density at radius 1 is 1.42 bits per heavy atom. The summed E-state index contributed by atoms with van der Waals surface area (Å²) in [5.41, 5.74) is 0.933. The Morgan fingerprint density at radius 3 is 3.26 bits per heavy atom. The minimum absolute atomic E-state index is 0.592. The zero-order valence-electron chi connectivity index (χ0n) is 11.4. The summed E-state index contributed by atoms with van der Waals surface area (Å²) >= 11 is 0. The normalized spacial score (nSPS) is 20.1. The lowest BCUT2D eigenvalue weighted by molar-refractivity contribution is 0.431. The topological polar surface area (TPSA) is 41.3 Å². The molecule has 3 heterocycles. The maximum absolute atomic E-state index is 5.49. The van der Waals surface area contributed by atoms with Gasteiger partial charge in [0, 0.05) is 18.8 Å². The van der Waals surface area contributed by atoms with Crippen LogP contribution >= 0.6 is 0 Å². The Bertz CT molecular complexity index is 537. The molecule has 102 valence electrons. The number of rotatable bonds is 4. The van der Waals surface area contributed by atoms with Crippen molar-refractivity contribution in [3.8, 4) is 0 Å². The first kappa shape index (κ1) is 12.5. The van der Waals surface area contributed by atoms with E-state index in [0.717, 1.165) is 29.9 Å². The van der Waals surface area contributed by atoms with Crippen LogP contribution in [0.1, 0.15) is 25.7 Å². The Kier molecular flexibility index (Phi) is 3.69. The fourth-order valence-corrected chi connectivity index (χ4v) is 3.00. The van der Waals surface area contributed by atoms with Gasteiger partial charge >= 0.3 is 0 Å². The number of nitrogens with one attached hydrogen (secondary N) is 1. The van der Waals surface area contributed by atoms with E-state index in [1.54, 1.807) is 6.26 Å². The summed E-state index contributed by atoms with van der Waals surface area (Å²) < 4.78 is 5.49. The van der Waals surface area contributed by atoms with Crippen LogP contribution < -0.4 is 10.2 Å². The van der Waals surface area contributed by atoms with Crippen LogP contribution in [0.3, 0.4) is 0 Å². The first-order valence-electron chi connectivity index (χ1n) is 7.13. The van der Waals surface area contributed by atoms with Crippen molar-refractivity contribution in [3.05, 3.63) is 24.6 Å². The van der Waals surface area contributed by atoms with Crippen LogP contribution in [0.4, 0.5) is 5.82 Å². The van der Waals surface area contributed by atoms with Gasteiger partial charge in [-0.05, 0) is 51.4 Å². The predicted octanol–water partition coefficient (Wildman–Crippen LogP) is 2.80. The number of furan rings is 1. The third-order valence-corrected chi connectivity index (χ3v) is 3.99. The Hall–Kier alpha value is -1.55. The fraction of sp³-hybridized carbons (Fsp3) is 0.533. The molecule has 19 heavy (non-hydrogen) atoms. The highest BCUT2D eigenvalue weighted by atomic mass is 16.3. The van der Waals surface area contributed by atoms with Gasteiger partial charge in [0.15, 0.2) is 0 Å². The molecule has 1 saturated heterocycles. The molecule has 0 radical (unpaired) electrons. The number of pyridine rings is 1. The quantitative estimate of drug-likeness (QED) is 0.916. The third-order valence-electron chi connectivity index (χ3n) is 3.99. The SMILES string of the molecule is CNCCC1CCCCN1c1nccc2occc12. The van der Waals surface area contributed by atoms with E-state index >= 15 is 0 Å². The van der Waals surface area contributed by atoms with E-state index in [2.05, 4.69) is 15.2 Å². The standard InChI is InChI=1S/C15H21N3O/c1-16-8-5-12-4-2-3-10-18(12)15-13-7-11-19-14(13)6-9-17-15/h6-7,9,11-12,16H,2-5,8,10H2,1H3. The molecular formula is C15H21N3O. The molecule has 4 heteroatoms. The average Bonchev–Trinajstić information content (AvgIpc) is 2.94. The van der Waals surface area contributed by atoms with Gasteiger partial charge in [-0.25, -0.2) is 4.98 Å². The van der Waals surface area contributed by atoms with Crippen LogP contribution in [0.2, 0.25) is 0 Å². The van der Waals surface area contributed by atoms with Crippen molar-refractivity contribution in [1.29, 1.82) is 0 Å². The molecule has 0 spiro atoms. The maximum Gasteiger partial charge on any atom is 0.139 e. The van der Waals surface area contributed by atoms with Gasteiger partial charge in [0.05, 0.1) is 11.6 Å². The molecule has 0 aliphatic carbocycles. The molecule has 0 aromatic carbocycles. The van der Waals surface area contributed by atoms with Crippen LogP contribution in [0.15, 0.2) is 29.0 Å². The van der Waals surface area contributed by atoms with Gasteiger partial charge in [-0.15, -0.1) is 0 Å². The summed E-state index contributed by atoms with van der Waals surface area (Å²) in [6, 6.07) is 4.56. The fourth-order valence-electron chi connectivity index (χ4n) is 3.00. The Labute approximate surface area is 113 Å². The highest BCUT2D eigenvalue weighted by molar-refractivity contribution is 5.88. The summed E-state index contributed by atoms with van der Waals surface area (Å²) in [5.74, 6) is 1.09. The molecule has 1 aliphatic heterocycles. The number of hydrogen-bond acceptors (Lipinski definition) is 4. The zero-order chi connectivity index (χ0) is 13.1. The maximum atomic E-state index is 5.49. The first-order valence-corrected chi connectivity index (χ1v) is 7.13. The van der Waals surface area contributed by atoms with E-state index in [0.29, 0.717) is 6.04 Å². The highest BCUT2D eigenvalue weighted by Crippen LogP contribution is 2.31. The molecule has 0 amide bonds. The molecular weight excluding hydrogens is 238 g/mol. The summed E-state index contributed by atoms with van der Waals surface area (Å²) in [6.07, 6.45) is 8.62. The number of fused-ring (bicyclic) bond motifs is 1. The molecule has 3 rings (SSSR count). The van der Waals surface area contributed by atoms with Gasteiger partial charge < -0.3 is 14.6 Å². The zero-order valence-corrected chi connectivity index (χ0v) is 11.4. The number of piperidine rings is 1. The van der Waals surface area contributed by atoms with Crippen LogP contribution in [-0.2, 0) is 0 Å². The largest absolute Gasteiger partial charge is 0.464 e. The minimum atomic E-state index is 0.592. The number of aromatic nitrogens is 1. The van der Waals surface area contributed by atoms with Crippen LogP contribution in [0.5, 0.6) is 0 Å². The molecule has 0 bridgehead atoms. The van der Waals surface area contributed by atoms with Gasteiger partial charge in [0.2, 0.25) is 0 Å². The molecule has 1 N–H and O–H groups in total. The van der Waals surface area contributed by atoms with Crippen molar-refractivity contribution in [1.82, 2.24) is 10.3 Å². The first-order chi connectivity index (χ1) is 9.40. The van der Waals surface area contributed by atoms with Crippen molar-refractivity contribution in [2.75, 3.05) is 25.0 Å². The molecule has 4 nitrogen and oxygen atoms in total. The van der Waals surface area contributed by atoms with Crippen LogP contribution in [0, 0.1) is 0 Å². The van der Waals surface area contributed by atoms with E-state index in [1.807, 2.05) is 25.4 Å². The van der Waals surface area contributed by atoms with Crippen molar-refractivity contribution < 1.29 is 4.42 Å². The van der Waals surface area contributed by atoms with E-state index in [4.69, 9.17) is 4.42 Å². The summed E-state index contributed by atoms with van der Waals surface area (Å²) in [5, 5.41) is 4.39. The van der Waals surface area contributed by atoms with Crippen LogP contribution in [-0.4, -0.2) is 31.2 Å². The van der Waals surface area contributed by atoms with Crippen molar-refractivity contribution in [2.45, 2.75) is 31.7 Å². The second kappa shape index (κ2) is 5.61. The van der Waals surface area contributed by atoms with Crippen molar-refractivity contribution in [3.63, 3.8) is 0 Å². The molecule has 1 fully saturated rings. The van der Waals surface area contributed by atoms with Gasteiger partial charge in [-0.2, -0.15) is 0 Å². The van der Waals surface area contributed by atoms with Gasteiger partial charge in [0.25, 0.3) is 0 Å². The second-order valence-electron chi connectivity index (χ2n) is 5.20. The molecule has 1 unspecified atom stereocenters. The third kappa shape index (κ3) is 2.45. The number of hydrogen-bond donors (Lipinski definition) is 1. The van der Waals surface area contributed by atoms with Crippen molar-refractivity contribution in [2.24, 2.45) is 0 Å². The second-order valence-corrected chi connectivity index (χ2v) is 5.20. The Morgan fingerprint density at radius 2 is 2.37 bits per heavy atom. The van der Waals surface area contributed by atoms with E-state index in [1.165, 1.54) is 25.7 Å². The molecule has 1 atom stereocenters. The molecule has 1 aliphatic rings. The minimum Gasteiger partial charge on any atom is -0.464 e. The summed E-state index contributed by atoms with van der Waals surface area (Å²) in [4.78, 5) is 7.08. The van der Waals surface area contributed by atoms with Gasteiger partial charge in [-0.1, -0.05) is 0 Å². The summed E-state index contributed by atoms with van der Waals surface area (Å²) in [6.45, 7) is 2.16. The van der Waals surface area contributed by atoms with E-state index in [9.17, 15) is 0 Å². The Balaban J connectivity index is 1.91. The van der Waals surface area contributed by atoms with Crippen molar-refractivity contribution >= 4 is 16.8 Å². The monoisotopic (exact) mass is 259 g/mol. The lowest BCUT2D eigenvalue weighted by Gasteiger charge is -2.37. The molecule has 2 aromatic heterocycles. The molecule has 2 aromatic rings. The van der Waals surface area contributed by atoms with Gasteiger partial charge in [-0.3, -0.25) is 0 Å². The molecule has 0 saturated carbocycles. The van der Waals surface area contributed by atoms with E-state index < -0.39 is 0 Å². The number of nitrogens with zero attached hydrogens (tertiary/aromatic N) is 2. The summed E-state index contributed by atoms with van der Waals surface area (Å²) in [7, 11) is 2.02. The lowest BCUT2D eigenvalue weighted by atomic mass is 9.99. The van der Waals surface area contributed by atoms with Gasteiger partial charge in [0.1, 0.15) is 11.4 Å².